The van der Waals surface area contributed by atoms with Crippen molar-refractivity contribution in [3.63, 3.8) is 0 Å². The molecule has 5 atom stereocenters. The van der Waals surface area contributed by atoms with E-state index in [9.17, 15) is 40.8 Å². The Kier molecular flexibility index (Phi) is 11.9. The van der Waals surface area contributed by atoms with Crippen molar-refractivity contribution in [2.45, 2.75) is 94.8 Å². The molecule has 0 spiro atoms. The number of carbonyl (C=O) groups is 4. The van der Waals surface area contributed by atoms with Crippen LogP contribution in [0.3, 0.4) is 0 Å². The number of halogens is 3. The van der Waals surface area contributed by atoms with E-state index in [-0.39, 0.29) is 51.7 Å². The van der Waals surface area contributed by atoms with Gasteiger partial charge in [-0.1, -0.05) is 32.9 Å². The number of likely N-dealkylation sites (tertiary alicyclic amines) is 2. The summed E-state index contributed by atoms with van der Waals surface area (Å²) >= 11 is 0. The number of methoxy groups -OCH3 is 1. The minimum Gasteiger partial charge on any atom is -0.497 e. The molecule has 2 unspecified atom stereocenters. The molecule has 2 aliphatic heterocycles. The van der Waals surface area contributed by atoms with Crippen LogP contribution in [0.2, 0.25) is 0 Å². The Bertz CT molecular complexity index is 2310. The fourth-order valence-electron chi connectivity index (χ4n) is 8.34. The maximum Gasteiger partial charge on any atom is 0.391 e. The maximum atomic E-state index is 14.9. The molecule has 4 aliphatic rings. The zero-order chi connectivity index (χ0) is 44.1. The highest BCUT2D eigenvalue weighted by Crippen LogP contribution is 2.46. The summed E-state index contributed by atoms with van der Waals surface area (Å²) in [6, 6.07) is 11.1. The number of fused-ring (bicyclic) bond motifs is 1. The second kappa shape index (κ2) is 16.5. The number of hydrogen-bond donors (Lipinski definition) is 2. The largest absolute Gasteiger partial charge is 0.497 e. The third kappa shape index (κ3) is 9.33. The lowest BCUT2D eigenvalue weighted by Gasteiger charge is -2.37. The van der Waals surface area contributed by atoms with E-state index in [1.807, 2.05) is 6.07 Å². The van der Waals surface area contributed by atoms with Crippen LogP contribution in [0.15, 0.2) is 61.3 Å². The Morgan fingerprint density at radius 1 is 1.03 bits per heavy atom. The van der Waals surface area contributed by atoms with E-state index < -0.39 is 85.9 Å². The van der Waals surface area contributed by atoms with E-state index in [4.69, 9.17) is 14.5 Å². The first-order chi connectivity index (χ1) is 28.7. The van der Waals surface area contributed by atoms with Crippen LogP contribution in [0, 0.1) is 23.2 Å². The molecule has 14 nitrogen and oxygen atoms in total. The van der Waals surface area contributed by atoms with Crippen LogP contribution in [-0.4, -0.2) is 108 Å². The third-order valence-corrected chi connectivity index (χ3v) is 14.1. The Morgan fingerprint density at radius 3 is 2.34 bits per heavy atom. The second-order valence-electron chi connectivity index (χ2n) is 17.6. The molecule has 4 fully saturated rings. The standard InChI is InChI=1S/C43H51F3N6O8S/c1-6-25-23-42(25,40(56)50-61(57,58)29-11-12-29)49-38(54)35-20-28(60-36-22-34(32-9-7-8-16-47-32)48-33-19-27(59-5)10-13-30(33)36)24-52(35)39(55)31(41(2,3)4)21-37(53)51-17-14-26(15-18-51)43(44,45)46/h6-10,13,16,19,22,25-26,28-29,31,35H,1,11-12,14-15,17-18,20-21,23-24H2,2-5H3,(H,49,54)(H,50,56)/t25?,28-,31?,35+,42-/m1/s1. The number of ether oxygens (including phenoxy) is 2. The average Bonchev–Trinajstić information content (AvgIpc) is 4.15. The third-order valence-electron chi connectivity index (χ3n) is 12.3. The minimum absolute atomic E-state index is 0.0525. The van der Waals surface area contributed by atoms with Gasteiger partial charge in [0.15, 0.2) is 0 Å². The van der Waals surface area contributed by atoms with Gasteiger partial charge in [-0.2, -0.15) is 13.2 Å². The van der Waals surface area contributed by atoms with Gasteiger partial charge in [0.1, 0.15) is 29.2 Å². The summed E-state index contributed by atoms with van der Waals surface area (Å²) in [5.41, 5.74) is -0.903. The van der Waals surface area contributed by atoms with Crippen LogP contribution in [-0.2, 0) is 29.2 Å². The van der Waals surface area contributed by atoms with Crippen molar-refractivity contribution in [3.8, 4) is 22.9 Å². The van der Waals surface area contributed by atoms with Gasteiger partial charge in [-0.3, -0.25) is 28.9 Å². The number of benzene rings is 1. The number of amides is 4. The van der Waals surface area contributed by atoms with E-state index >= 15 is 0 Å². The number of carbonyl (C=O) groups excluding carboxylic acids is 4. The van der Waals surface area contributed by atoms with Gasteiger partial charge in [0.25, 0.3) is 5.91 Å². The van der Waals surface area contributed by atoms with E-state index in [0.717, 1.165) is 0 Å². The molecule has 2 aromatic heterocycles. The topological polar surface area (TPSA) is 177 Å². The van der Waals surface area contributed by atoms with Crippen molar-refractivity contribution in [1.29, 1.82) is 0 Å². The Balaban J connectivity index is 1.19. The van der Waals surface area contributed by atoms with Crippen molar-refractivity contribution in [3.05, 3.63) is 61.3 Å². The molecule has 0 bridgehead atoms. The predicted octanol–water partition coefficient (Wildman–Crippen LogP) is 5.18. The molecule has 3 aromatic rings. The Morgan fingerprint density at radius 2 is 1.75 bits per heavy atom. The Labute approximate surface area is 352 Å². The number of alkyl halides is 3. The number of rotatable bonds is 13. The minimum atomic E-state index is -4.37. The molecule has 4 heterocycles. The van der Waals surface area contributed by atoms with E-state index in [0.29, 0.717) is 46.6 Å². The lowest BCUT2D eigenvalue weighted by atomic mass is 9.77. The molecular weight excluding hydrogens is 818 g/mol. The summed E-state index contributed by atoms with van der Waals surface area (Å²) in [5.74, 6) is -4.83. The van der Waals surface area contributed by atoms with E-state index in [1.165, 1.54) is 23.0 Å². The predicted molar refractivity (Wildman–Crippen MR) is 218 cm³/mol. The molecule has 2 N–H and O–H groups in total. The van der Waals surface area contributed by atoms with Crippen molar-refractivity contribution in [1.82, 2.24) is 29.8 Å². The quantitative estimate of drug-likeness (QED) is 0.218. The maximum absolute atomic E-state index is 14.9. The summed E-state index contributed by atoms with van der Waals surface area (Å²) in [7, 11) is -2.44. The van der Waals surface area contributed by atoms with Gasteiger partial charge in [-0.05, 0) is 61.8 Å². The summed E-state index contributed by atoms with van der Waals surface area (Å²) < 4.78 is 80.2. The summed E-state index contributed by atoms with van der Waals surface area (Å²) in [6.07, 6.45) is -2.01. The fourth-order valence-corrected chi connectivity index (χ4v) is 9.71. The van der Waals surface area contributed by atoms with Crippen molar-refractivity contribution in [2.24, 2.45) is 23.2 Å². The van der Waals surface area contributed by atoms with Gasteiger partial charge in [-0.25, -0.2) is 13.4 Å². The normalized spacial score (nSPS) is 23.9. The van der Waals surface area contributed by atoms with Gasteiger partial charge >= 0.3 is 6.18 Å². The highest BCUT2D eigenvalue weighted by Gasteiger charge is 2.62. The first kappa shape index (κ1) is 43.8. The Hall–Kier alpha value is -5.26. The van der Waals surface area contributed by atoms with Gasteiger partial charge < -0.3 is 24.6 Å². The van der Waals surface area contributed by atoms with Crippen LogP contribution >= 0.6 is 0 Å². The number of sulfonamides is 1. The molecule has 2 aliphatic carbocycles. The van der Waals surface area contributed by atoms with Crippen molar-refractivity contribution in [2.75, 3.05) is 26.7 Å². The van der Waals surface area contributed by atoms with Crippen LogP contribution in [0.4, 0.5) is 13.2 Å². The van der Waals surface area contributed by atoms with Crippen LogP contribution in [0.1, 0.15) is 65.7 Å². The SMILES string of the molecule is C=CC1C[C@]1(NC(=O)[C@@H]1C[C@@H](Oc2cc(-c3ccccn3)nc3cc(OC)ccc23)CN1C(=O)C(CC(=O)N1CCC(C(F)(F)F)CC1)C(C)(C)C)C(=O)NS(=O)(=O)C1CC1. The van der Waals surface area contributed by atoms with Gasteiger partial charge in [0.05, 0.1) is 47.6 Å². The van der Waals surface area contributed by atoms with Gasteiger partial charge in [0, 0.05) is 55.6 Å². The number of pyridine rings is 2. The number of nitrogens with zero attached hydrogens (tertiary/aromatic N) is 4. The number of aromatic nitrogens is 2. The molecule has 328 valence electrons. The lowest BCUT2D eigenvalue weighted by molar-refractivity contribution is -0.186. The second-order valence-corrected chi connectivity index (χ2v) is 19.5. The number of piperidine rings is 1. The highest BCUT2D eigenvalue weighted by atomic mass is 32.2. The first-order valence-corrected chi connectivity index (χ1v) is 22.0. The first-order valence-electron chi connectivity index (χ1n) is 20.5. The van der Waals surface area contributed by atoms with Crippen molar-refractivity contribution >= 4 is 44.6 Å². The van der Waals surface area contributed by atoms with Crippen LogP contribution in [0.25, 0.3) is 22.3 Å². The molecule has 1 aromatic carbocycles. The average molecular weight is 869 g/mol. The summed E-state index contributed by atoms with van der Waals surface area (Å²) in [6.45, 7) is 8.77. The van der Waals surface area contributed by atoms with Crippen LogP contribution < -0.4 is 19.5 Å². The summed E-state index contributed by atoms with van der Waals surface area (Å²) in [5, 5.41) is 2.70. The van der Waals surface area contributed by atoms with Gasteiger partial charge in [-0.15, -0.1) is 6.58 Å². The van der Waals surface area contributed by atoms with Crippen molar-refractivity contribution < 1.29 is 50.2 Å². The molecule has 0 radical (unpaired) electrons. The lowest BCUT2D eigenvalue weighted by Crippen LogP contribution is -2.57. The van der Waals surface area contributed by atoms with E-state index in [2.05, 4.69) is 21.6 Å². The fraction of sp³-hybridized carbons (Fsp3) is 0.535. The molecule has 4 amide bonds. The zero-order valence-corrected chi connectivity index (χ0v) is 35.4. The monoisotopic (exact) mass is 868 g/mol. The molecule has 2 saturated carbocycles. The highest BCUT2D eigenvalue weighted by molar-refractivity contribution is 7.91. The smallest absolute Gasteiger partial charge is 0.391 e. The molecule has 61 heavy (non-hydrogen) atoms. The van der Waals surface area contributed by atoms with Gasteiger partial charge in [0.2, 0.25) is 27.7 Å². The molecular formula is C43H51F3N6O8S. The van der Waals surface area contributed by atoms with Crippen LogP contribution in [0.5, 0.6) is 11.5 Å². The zero-order valence-electron chi connectivity index (χ0n) is 34.5. The number of hydrogen-bond acceptors (Lipinski definition) is 10. The molecule has 2 saturated heterocycles. The summed E-state index contributed by atoms with van der Waals surface area (Å²) in [4.78, 5) is 68.7. The van der Waals surface area contributed by atoms with E-state index in [1.54, 1.807) is 63.4 Å². The molecule has 7 rings (SSSR count). The number of nitrogens with one attached hydrogen (secondary N) is 2. The molecule has 18 heteroatoms.